The van der Waals surface area contributed by atoms with Crippen LogP contribution in [0.25, 0.3) is 0 Å². The van der Waals surface area contributed by atoms with Crippen molar-refractivity contribution < 1.29 is 23.9 Å². The normalized spacial score (nSPS) is 20.5. The summed E-state index contributed by atoms with van der Waals surface area (Å²) < 4.78 is 10.7. The zero-order valence-electron chi connectivity index (χ0n) is 28.6. The maximum Gasteiger partial charge on any atom is 0.222 e. The van der Waals surface area contributed by atoms with Crippen LogP contribution in [0, 0.1) is 5.41 Å². The number of ether oxygens (including phenoxy) is 2. The van der Waals surface area contributed by atoms with Gasteiger partial charge in [-0.05, 0) is 44.4 Å². The number of carbonyl (C=O) groups excluding carboxylic acids is 3. The fourth-order valence-electron chi connectivity index (χ4n) is 6.47. The Kier molecular flexibility index (Phi) is 23.7. The lowest BCUT2D eigenvalue weighted by atomic mass is 9.52. The zero-order valence-corrected chi connectivity index (χ0v) is 28.6. The van der Waals surface area contributed by atoms with Crippen LogP contribution < -0.4 is 10.6 Å². The van der Waals surface area contributed by atoms with Crippen LogP contribution in [-0.2, 0) is 23.9 Å². The first-order valence-electron chi connectivity index (χ1n) is 18.2. The molecule has 2 aliphatic rings. The number of nitrogens with one attached hydrogen (secondary N) is 2. The Balaban J connectivity index is 0.00000452. The van der Waals surface area contributed by atoms with E-state index >= 15 is 0 Å². The Morgan fingerprint density at radius 3 is 1.35 bits per heavy atom. The van der Waals surface area contributed by atoms with Crippen LogP contribution in [0.4, 0.5) is 0 Å². The maximum absolute atomic E-state index is 12.3. The largest absolute Gasteiger partial charge is 0.379 e. The molecular formula is C36H68N2O5. The van der Waals surface area contributed by atoms with Crippen LogP contribution in [0.15, 0.2) is 0 Å². The predicted octanol–water partition coefficient (Wildman–Crippen LogP) is 8.22. The van der Waals surface area contributed by atoms with Gasteiger partial charge in [0.25, 0.3) is 0 Å². The van der Waals surface area contributed by atoms with Crippen molar-refractivity contribution in [2.24, 2.45) is 5.41 Å². The third-order valence-corrected chi connectivity index (χ3v) is 8.90. The van der Waals surface area contributed by atoms with Gasteiger partial charge in [0, 0.05) is 31.3 Å². The zero-order chi connectivity index (χ0) is 31.6. The van der Waals surface area contributed by atoms with E-state index in [-0.39, 0.29) is 23.6 Å². The SMILES string of the molecule is CC.CCCCCCCCCCCCCCCCCC(=O)NC1CC2(C1)CC(NC(=O)CCOCCOCCC(C)=O)C2. The number of hydrogen-bond acceptors (Lipinski definition) is 5. The van der Waals surface area contributed by atoms with Crippen molar-refractivity contribution in [3.8, 4) is 0 Å². The van der Waals surface area contributed by atoms with Crippen LogP contribution in [0.5, 0.6) is 0 Å². The molecule has 43 heavy (non-hydrogen) atoms. The summed E-state index contributed by atoms with van der Waals surface area (Å²) in [5.41, 5.74) is 0.332. The summed E-state index contributed by atoms with van der Waals surface area (Å²) in [6.45, 7) is 9.51. The van der Waals surface area contributed by atoms with Gasteiger partial charge in [-0.25, -0.2) is 0 Å². The van der Waals surface area contributed by atoms with Gasteiger partial charge >= 0.3 is 0 Å². The molecule has 0 heterocycles. The third-order valence-electron chi connectivity index (χ3n) is 8.90. The monoisotopic (exact) mass is 609 g/mol. The molecule has 0 saturated heterocycles. The smallest absolute Gasteiger partial charge is 0.222 e. The Labute approximate surface area is 264 Å². The summed E-state index contributed by atoms with van der Waals surface area (Å²) in [6, 6.07) is 0.580. The Morgan fingerprint density at radius 1 is 0.558 bits per heavy atom. The Morgan fingerprint density at radius 2 is 0.930 bits per heavy atom. The van der Waals surface area contributed by atoms with Crippen LogP contribution in [-0.4, -0.2) is 56.1 Å². The van der Waals surface area contributed by atoms with Gasteiger partial charge in [-0.2, -0.15) is 0 Å². The number of carbonyl (C=O) groups is 3. The number of amides is 2. The molecule has 0 bridgehead atoms. The highest BCUT2D eigenvalue weighted by Crippen LogP contribution is 2.55. The molecule has 2 amide bonds. The van der Waals surface area contributed by atoms with E-state index in [0.717, 1.165) is 32.1 Å². The van der Waals surface area contributed by atoms with Crippen LogP contribution in [0.2, 0.25) is 0 Å². The van der Waals surface area contributed by atoms with Crippen molar-refractivity contribution in [3.63, 3.8) is 0 Å². The second-order valence-corrected chi connectivity index (χ2v) is 13.0. The van der Waals surface area contributed by atoms with Gasteiger partial charge in [0.2, 0.25) is 11.8 Å². The molecule has 7 heteroatoms. The molecule has 0 radical (unpaired) electrons. The first kappa shape index (κ1) is 39.6. The van der Waals surface area contributed by atoms with E-state index in [1.807, 2.05) is 13.8 Å². The van der Waals surface area contributed by atoms with E-state index in [4.69, 9.17) is 9.47 Å². The number of hydrogen-bond donors (Lipinski definition) is 2. The molecule has 0 aromatic rings. The van der Waals surface area contributed by atoms with E-state index in [0.29, 0.717) is 57.1 Å². The number of Topliss-reactive ketones (excluding diaryl/α,β-unsaturated/α-hetero) is 1. The van der Waals surface area contributed by atoms with Gasteiger partial charge in [-0.15, -0.1) is 0 Å². The first-order chi connectivity index (χ1) is 20.9. The van der Waals surface area contributed by atoms with Crippen molar-refractivity contribution in [2.45, 2.75) is 181 Å². The molecule has 2 saturated carbocycles. The summed E-state index contributed by atoms with van der Waals surface area (Å²) in [4.78, 5) is 35.3. The average molecular weight is 609 g/mol. The van der Waals surface area contributed by atoms with E-state index in [1.54, 1.807) is 6.92 Å². The molecule has 2 N–H and O–H groups in total. The molecule has 0 aromatic carbocycles. The van der Waals surface area contributed by atoms with Crippen molar-refractivity contribution in [2.75, 3.05) is 26.4 Å². The Hall–Kier alpha value is -1.47. The van der Waals surface area contributed by atoms with Gasteiger partial charge < -0.3 is 20.1 Å². The summed E-state index contributed by atoms with van der Waals surface area (Å²) in [5.74, 6) is 0.371. The number of rotatable bonds is 27. The molecule has 0 unspecified atom stereocenters. The molecule has 0 atom stereocenters. The molecule has 1 spiro atoms. The molecule has 252 valence electrons. The van der Waals surface area contributed by atoms with E-state index in [1.165, 1.54) is 89.9 Å². The van der Waals surface area contributed by atoms with Crippen LogP contribution in [0.3, 0.4) is 0 Å². The molecular weight excluding hydrogens is 540 g/mol. The van der Waals surface area contributed by atoms with Gasteiger partial charge in [0.1, 0.15) is 5.78 Å². The van der Waals surface area contributed by atoms with Crippen LogP contribution in [0.1, 0.15) is 169 Å². The highest BCUT2D eigenvalue weighted by atomic mass is 16.5. The van der Waals surface area contributed by atoms with Crippen molar-refractivity contribution in [1.29, 1.82) is 0 Å². The lowest BCUT2D eigenvalue weighted by Crippen LogP contribution is -2.61. The topological polar surface area (TPSA) is 93.7 Å². The summed E-state index contributed by atoms with van der Waals surface area (Å²) in [6.07, 6.45) is 25.7. The predicted molar refractivity (Wildman–Crippen MR) is 177 cm³/mol. The highest BCUT2D eigenvalue weighted by molar-refractivity contribution is 5.77. The van der Waals surface area contributed by atoms with E-state index in [9.17, 15) is 14.4 Å². The molecule has 7 nitrogen and oxygen atoms in total. The minimum Gasteiger partial charge on any atom is -0.379 e. The molecule has 2 fully saturated rings. The standard InChI is InChI=1S/C34H62N2O5.C2H6/c1-3-4-5-6-7-8-9-10-11-12-13-14-15-16-17-18-32(38)35-30-25-34(26-30)27-31(28-34)36-33(39)20-22-41-24-23-40-21-19-29(2)37;1-2/h30-31H,3-28H2,1-2H3,(H,35,38)(H,36,39);1-2H3. The van der Waals surface area contributed by atoms with Gasteiger partial charge in [0.05, 0.1) is 26.4 Å². The first-order valence-corrected chi connectivity index (χ1v) is 18.2. The second kappa shape index (κ2) is 25.8. The fraction of sp³-hybridized carbons (Fsp3) is 0.917. The second-order valence-electron chi connectivity index (χ2n) is 13.0. The summed E-state index contributed by atoms with van der Waals surface area (Å²) in [7, 11) is 0. The third kappa shape index (κ3) is 20.2. The lowest BCUT2D eigenvalue weighted by Gasteiger charge is -2.57. The lowest BCUT2D eigenvalue weighted by molar-refractivity contribution is -0.128. The summed E-state index contributed by atoms with van der Waals surface area (Å²) in [5, 5.41) is 6.35. The van der Waals surface area contributed by atoms with Crippen LogP contribution >= 0.6 is 0 Å². The van der Waals surface area contributed by atoms with E-state index < -0.39 is 0 Å². The summed E-state index contributed by atoms with van der Waals surface area (Å²) >= 11 is 0. The average Bonchev–Trinajstić information content (AvgIpc) is 2.95. The number of unbranched alkanes of at least 4 members (excludes halogenated alkanes) is 14. The fourth-order valence-corrected chi connectivity index (χ4v) is 6.47. The van der Waals surface area contributed by atoms with Crippen molar-refractivity contribution in [1.82, 2.24) is 10.6 Å². The van der Waals surface area contributed by atoms with E-state index in [2.05, 4.69) is 17.6 Å². The molecule has 0 aromatic heterocycles. The number of ketones is 1. The Bertz CT molecular complexity index is 714. The highest BCUT2D eigenvalue weighted by Gasteiger charge is 2.53. The minimum atomic E-state index is 0.0371. The molecule has 0 aliphatic heterocycles. The maximum atomic E-state index is 12.3. The van der Waals surface area contributed by atoms with Crippen molar-refractivity contribution >= 4 is 17.6 Å². The van der Waals surface area contributed by atoms with Gasteiger partial charge in [-0.1, -0.05) is 111 Å². The molecule has 2 rings (SSSR count). The minimum absolute atomic E-state index is 0.0371. The van der Waals surface area contributed by atoms with Crippen molar-refractivity contribution in [3.05, 3.63) is 0 Å². The molecule has 2 aliphatic carbocycles. The quantitative estimate of drug-likeness (QED) is 0.0917. The van der Waals surface area contributed by atoms with Gasteiger partial charge in [-0.3, -0.25) is 14.4 Å². The van der Waals surface area contributed by atoms with Gasteiger partial charge in [0.15, 0.2) is 0 Å².